The maximum Gasteiger partial charge on any atom is 0.416 e. The van der Waals surface area contributed by atoms with Crippen LogP contribution >= 0.6 is 79.4 Å². The Morgan fingerprint density at radius 3 is 1.34 bits per heavy atom. The van der Waals surface area contributed by atoms with Crippen LogP contribution in [0.1, 0.15) is 141 Å². The van der Waals surface area contributed by atoms with E-state index in [9.17, 15) is 32.3 Å². The van der Waals surface area contributed by atoms with Crippen LogP contribution < -0.4 is 10.6 Å². The molecule has 408 valence electrons. The summed E-state index contributed by atoms with van der Waals surface area (Å²) in [6.07, 6.45) is 6.99. The average molecular weight is 1200 g/mol. The van der Waals surface area contributed by atoms with Crippen molar-refractivity contribution in [2.75, 3.05) is 0 Å². The number of hydrogen-bond donors (Lipinski definition) is 2. The van der Waals surface area contributed by atoms with Gasteiger partial charge in [0.2, 0.25) is 0 Å². The number of alkyl halides is 3. The van der Waals surface area contributed by atoms with Crippen molar-refractivity contribution in [2.45, 2.75) is 105 Å². The molecule has 0 saturated carbocycles. The molecule has 16 heteroatoms. The lowest BCUT2D eigenvalue weighted by Gasteiger charge is -2.13. The molecule has 4 amide bonds. The summed E-state index contributed by atoms with van der Waals surface area (Å²) in [5.41, 5.74) is 5.22. The van der Waals surface area contributed by atoms with E-state index in [1.165, 1.54) is 141 Å². The fraction of sp³-hybridized carbons (Fsp3) is 0.281. The van der Waals surface area contributed by atoms with Gasteiger partial charge in [-0.3, -0.25) is 29.8 Å². The monoisotopic (exact) mass is 1200 g/mol. The number of benzene rings is 3. The van der Waals surface area contributed by atoms with Crippen LogP contribution in [-0.4, -0.2) is 23.6 Å². The van der Waals surface area contributed by atoms with E-state index in [0.717, 1.165) is 52.8 Å². The van der Waals surface area contributed by atoms with Gasteiger partial charge in [-0.1, -0.05) is 121 Å². The molecular weight excluding hydrogens is 1140 g/mol. The number of fused-ring (bicyclic) bond motifs is 4. The maximum atomic E-state index is 14.2. The topological polar surface area (TPSA) is 92.3 Å². The van der Waals surface area contributed by atoms with Crippen LogP contribution in [0.2, 0.25) is 0 Å². The lowest BCUT2D eigenvalue weighted by atomic mass is 9.95. The van der Waals surface area contributed by atoms with Gasteiger partial charge < -0.3 is 0 Å². The van der Waals surface area contributed by atoms with Crippen molar-refractivity contribution < 1.29 is 32.3 Å². The SMILES string of the molecule is CCCCC(CC)Cc1ccc(-c2c3cc(-c4sc(-c5ccc(-c6sc(-c7ccc(C(F)(F)F)cc7)c7c6C(=O)NC7=O)s5)c5c4C(=O)NC5=O)sc3c(-c3ccc(CC(CC)CCCC)s3)c3cc(-c4ccc(C)cc4)sc23)s1. The highest BCUT2D eigenvalue weighted by atomic mass is 32.1. The molecule has 12 rings (SSSR count). The lowest BCUT2D eigenvalue weighted by Crippen LogP contribution is -2.20. The minimum absolute atomic E-state index is 0.121. The predicted octanol–water partition coefficient (Wildman–Crippen LogP) is 20.7. The highest BCUT2D eigenvalue weighted by Crippen LogP contribution is 2.57. The number of rotatable bonds is 19. The van der Waals surface area contributed by atoms with E-state index in [2.05, 4.69) is 106 Å². The van der Waals surface area contributed by atoms with E-state index in [1.54, 1.807) is 11.3 Å². The summed E-state index contributed by atoms with van der Waals surface area (Å²) in [6, 6.07) is 31.0. The zero-order valence-corrected chi connectivity index (χ0v) is 50.3. The Bertz CT molecular complexity index is 3950. The molecule has 7 aromatic heterocycles. The van der Waals surface area contributed by atoms with E-state index >= 15 is 0 Å². The molecule has 2 unspecified atom stereocenters. The third-order valence-electron chi connectivity index (χ3n) is 15.6. The minimum Gasteiger partial charge on any atom is -0.288 e. The molecule has 0 aliphatic carbocycles. The molecule has 2 aliphatic rings. The Morgan fingerprint density at radius 2 is 0.863 bits per heavy atom. The van der Waals surface area contributed by atoms with Crippen molar-refractivity contribution >= 4 is 123 Å². The summed E-state index contributed by atoms with van der Waals surface area (Å²) in [7, 11) is 0. The van der Waals surface area contributed by atoms with Gasteiger partial charge in [-0.05, 0) is 103 Å². The summed E-state index contributed by atoms with van der Waals surface area (Å²) in [5, 5.41) is 7.30. The van der Waals surface area contributed by atoms with Gasteiger partial charge in [0, 0.05) is 75.2 Å². The summed E-state index contributed by atoms with van der Waals surface area (Å²) in [6.45, 7) is 11.2. The first-order valence-electron chi connectivity index (χ1n) is 27.3. The highest BCUT2D eigenvalue weighted by molar-refractivity contribution is 7.31. The van der Waals surface area contributed by atoms with Crippen LogP contribution in [0.3, 0.4) is 0 Å². The van der Waals surface area contributed by atoms with E-state index in [1.807, 2.05) is 46.1 Å². The Labute approximate surface area is 490 Å². The van der Waals surface area contributed by atoms with Gasteiger partial charge in [0.15, 0.2) is 0 Å². The Morgan fingerprint density at radius 1 is 0.438 bits per heavy atom. The van der Waals surface area contributed by atoms with Crippen molar-refractivity contribution in [3.8, 4) is 71.0 Å². The quantitative estimate of drug-likeness (QED) is 0.0789. The molecule has 80 heavy (non-hydrogen) atoms. The van der Waals surface area contributed by atoms with Gasteiger partial charge in [0.1, 0.15) is 0 Å². The maximum absolute atomic E-state index is 14.2. The normalized spacial score (nSPS) is 14.2. The molecule has 0 radical (unpaired) electrons. The number of imide groups is 2. The number of aryl methyl sites for hydroxylation is 1. The first-order chi connectivity index (χ1) is 38.6. The largest absolute Gasteiger partial charge is 0.416 e. The fourth-order valence-corrected chi connectivity index (χ4v) is 20.2. The van der Waals surface area contributed by atoms with Crippen LogP contribution in [0.15, 0.2) is 97.1 Å². The van der Waals surface area contributed by atoms with Gasteiger partial charge in [0.05, 0.1) is 42.4 Å². The second-order valence-corrected chi connectivity index (χ2v) is 28.5. The Balaban J connectivity index is 1.03. The van der Waals surface area contributed by atoms with Crippen molar-refractivity contribution in [3.63, 3.8) is 0 Å². The van der Waals surface area contributed by atoms with Crippen molar-refractivity contribution in [3.05, 3.63) is 140 Å². The minimum atomic E-state index is -4.54. The molecule has 2 aliphatic heterocycles. The number of nitrogens with one attached hydrogen (secondary N) is 2. The summed E-state index contributed by atoms with van der Waals surface area (Å²) in [4.78, 5) is 65.7. The molecule has 9 heterocycles. The first-order valence-corrected chi connectivity index (χ1v) is 33.0. The molecule has 0 saturated heterocycles. The van der Waals surface area contributed by atoms with Crippen LogP contribution in [0.25, 0.3) is 91.2 Å². The summed E-state index contributed by atoms with van der Waals surface area (Å²) >= 11 is 11.2. The molecule has 0 fully saturated rings. The van der Waals surface area contributed by atoms with Crippen molar-refractivity contribution in [1.29, 1.82) is 0 Å². The van der Waals surface area contributed by atoms with Crippen molar-refractivity contribution in [2.24, 2.45) is 11.8 Å². The molecule has 2 N–H and O–H groups in total. The second-order valence-electron chi connectivity index (χ2n) is 20.9. The van der Waals surface area contributed by atoms with Gasteiger partial charge in [-0.15, -0.1) is 79.4 Å². The number of carbonyl (C=O) groups is 4. The molecule has 6 nitrogen and oxygen atoms in total. The number of halogens is 3. The number of thiophene rings is 7. The number of unbranched alkanes of at least 4 members (excludes halogenated alkanes) is 2. The molecular formula is C64H55F3N2O4S7. The Kier molecular flexibility index (Phi) is 15.1. The average Bonchev–Trinajstić information content (AvgIpc) is 4.42. The molecule has 3 aromatic carbocycles. The first kappa shape index (κ1) is 54.7. The van der Waals surface area contributed by atoms with Crippen LogP contribution in [-0.2, 0) is 19.0 Å². The highest BCUT2D eigenvalue weighted by Gasteiger charge is 2.40. The van der Waals surface area contributed by atoms with E-state index in [-0.39, 0.29) is 11.1 Å². The van der Waals surface area contributed by atoms with Gasteiger partial charge in [0.25, 0.3) is 23.6 Å². The summed E-state index contributed by atoms with van der Waals surface area (Å²) < 4.78 is 43.0. The fourth-order valence-electron chi connectivity index (χ4n) is 11.2. The molecule has 0 spiro atoms. The number of carbonyl (C=O) groups excluding carboxylic acids is 4. The molecule has 10 aromatic rings. The van der Waals surface area contributed by atoms with E-state index in [4.69, 9.17) is 0 Å². The van der Waals surface area contributed by atoms with Crippen molar-refractivity contribution in [1.82, 2.24) is 10.6 Å². The zero-order chi connectivity index (χ0) is 55.7. The van der Waals surface area contributed by atoms with E-state index in [0.29, 0.717) is 57.8 Å². The van der Waals surface area contributed by atoms with Gasteiger partial charge >= 0.3 is 6.18 Å². The predicted molar refractivity (Wildman–Crippen MR) is 332 cm³/mol. The Hall–Kier alpha value is -5.85. The second kappa shape index (κ2) is 22.1. The van der Waals surface area contributed by atoms with Crippen LogP contribution in [0.4, 0.5) is 13.2 Å². The molecule has 0 bridgehead atoms. The zero-order valence-electron chi connectivity index (χ0n) is 44.6. The van der Waals surface area contributed by atoms with Gasteiger partial charge in [-0.2, -0.15) is 13.2 Å². The van der Waals surface area contributed by atoms with Crippen LogP contribution in [0.5, 0.6) is 0 Å². The third-order valence-corrected chi connectivity index (χ3v) is 24.3. The molecule has 2 atom stereocenters. The third kappa shape index (κ3) is 10.00. The van der Waals surface area contributed by atoms with Gasteiger partial charge in [-0.25, -0.2) is 0 Å². The lowest BCUT2D eigenvalue weighted by molar-refractivity contribution is -0.137. The number of hydrogen-bond acceptors (Lipinski definition) is 11. The van der Waals surface area contributed by atoms with E-state index < -0.39 is 35.4 Å². The van der Waals surface area contributed by atoms with Crippen LogP contribution in [0, 0.1) is 18.8 Å². The smallest absolute Gasteiger partial charge is 0.288 e. The number of amides is 4. The standard InChI is InChI=1S/C64H55F3N2O4S7/c1-6-10-12-33(8-3)28-38-22-24-42(74-38)48-40-30-46(35-16-14-32(5)15-17-35)77-55(40)49(43-25-23-39(75-43)29-34(9-4)13-11-7-2)41-31-47(78-56(41)48)59-53-52(62(72)69-63(53)73)58(80-59)45-27-26-44(76-45)57-51-50(60(70)68-61(51)71)54(79-57)36-18-20-37(21-19-36)64(65,66)67/h14-27,30-31,33-34H,6-13,28-29H2,1-5H3,(H,68,70,71)(H,69,72,73). The summed E-state index contributed by atoms with van der Waals surface area (Å²) in [5.74, 6) is -0.928.